The van der Waals surface area contributed by atoms with E-state index >= 15 is 0 Å². The van der Waals surface area contributed by atoms with Crippen molar-refractivity contribution in [3.63, 3.8) is 0 Å². The van der Waals surface area contributed by atoms with Crippen LogP contribution in [0, 0.1) is 0 Å². The molecule has 10 heteroatoms. The molecular formula is C25H26F2N4O4. The lowest BCUT2D eigenvalue weighted by molar-refractivity contribution is -0.136. The molecule has 1 unspecified atom stereocenters. The molecule has 2 aromatic carbocycles. The first-order chi connectivity index (χ1) is 16.9. The Labute approximate surface area is 201 Å². The number of ether oxygens (including phenoxy) is 1. The summed E-state index contributed by atoms with van der Waals surface area (Å²) in [4.78, 5) is 23.0. The van der Waals surface area contributed by atoms with Crippen LogP contribution in [0.15, 0.2) is 60.9 Å². The molecule has 1 saturated heterocycles. The van der Waals surface area contributed by atoms with Crippen LogP contribution < -0.4 is 10.1 Å². The Kier molecular flexibility index (Phi) is 7.84. The van der Waals surface area contributed by atoms with Gasteiger partial charge in [-0.3, -0.25) is 4.79 Å². The first-order valence-corrected chi connectivity index (χ1v) is 11.2. The number of β-amino-alcohol motifs (C(OH)–C–C–N with tert-alkyl or cyclic N) is 1. The summed E-state index contributed by atoms with van der Waals surface area (Å²) in [5.74, 6) is -0.455. The van der Waals surface area contributed by atoms with Crippen molar-refractivity contribution >= 4 is 17.5 Å². The third-order valence-corrected chi connectivity index (χ3v) is 5.82. The Hall–Kier alpha value is -3.63. The highest BCUT2D eigenvalue weighted by Crippen LogP contribution is 2.25. The van der Waals surface area contributed by atoms with E-state index in [1.54, 1.807) is 53.7 Å². The third kappa shape index (κ3) is 6.28. The largest absolute Gasteiger partial charge is 0.435 e. The molecule has 1 amide bonds. The zero-order valence-corrected chi connectivity index (χ0v) is 18.8. The van der Waals surface area contributed by atoms with Gasteiger partial charge in [-0.15, -0.1) is 0 Å². The van der Waals surface area contributed by atoms with E-state index in [1.165, 1.54) is 12.1 Å². The molecule has 1 aliphatic heterocycles. The minimum atomic E-state index is -2.87. The minimum Gasteiger partial charge on any atom is -0.435 e. The second-order valence-electron chi connectivity index (χ2n) is 8.26. The van der Waals surface area contributed by atoms with Gasteiger partial charge in [0, 0.05) is 36.7 Å². The van der Waals surface area contributed by atoms with E-state index in [0.717, 1.165) is 12.0 Å². The zero-order valence-electron chi connectivity index (χ0n) is 18.8. The number of aliphatic hydroxyl groups is 2. The lowest BCUT2D eigenvalue weighted by Crippen LogP contribution is -2.44. The second kappa shape index (κ2) is 11.2. The van der Waals surface area contributed by atoms with Crippen molar-refractivity contribution in [1.82, 2.24) is 14.9 Å². The number of aliphatic hydroxyl groups excluding tert-OH is 2. The number of halogens is 2. The van der Waals surface area contributed by atoms with E-state index in [2.05, 4.69) is 20.0 Å². The SMILES string of the molecule is O=C(C(CO)c1ccc(Nc2ncc(-c3ccc(OC(F)F)cc3)cn2)cc1)N1CCC[C@H](O)C1. The molecule has 0 aliphatic carbocycles. The number of piperidine rings is 1. The van der Waals surface area contributed by atoms with E-state index < -0.39 is 18.6 Å². The molecule has 2 atom stereocenters. The van der Waals surface area contributed by atoms with Crippen LogP contribution in [0.1, 0.15) is 24.3 Å². The highest BCUT2D eigenvalue weighted by molar-refractivity contribution is 5.84. The fourth-order valence-electron chi connectivity index (χ4n) is 4.00. The van der Waals surface area contributed by atoms with E-state index in [-0.39, 0.29) is 24.8 Å². The molecule has 184 valence electrons. The molecule has 3 N–H and O–H groups in total. The van der Waals surface area contributed by atoms with Crippen molar-refractivity contribution < 1.29 is 28.5 Å². The van der Waals surface area contributed by atoms with Gasteiger partial charge < -0.3 is 25.2 Å². The topological polar surface area (TPSA) is 108 Å². The number of anilines is 2. The quantitative estimate of drug-likeness (QED) is 0.449. The van der Waals surface area contributed by atoms with Gasteiger partial charge in [-0.05, 0) is 48.2 Å². The number of carbonyl (C=O) groups excluding carboxylic acids is 1. The Morgan fingerprint density at radius 3 is 2.37 bits per heavy atom. The number of hydrogen-bond acceptors (Lipinski definition) is 7. The molecular weight excluding hydrogens is 458 g/mol. The van der Waals surface area contributed by atoms with Crippen molar-refractivity contribution in [3.05, 3.63) is 66.5 Å². The second-order valence-corrected chi connectivity index (χ2v) is 8.26. The maximum Gasteiger partial charge on any atom is 0.387 e. The van der Waals surface area contributed by atoms with Crippen LogP contribution in [0.2, 0.25) is 0 Å². The standard InChI is InChI=1S/C25H26F2N4O4/c26-24(27)35-21-9-5-16(6-10-21)18-12-28-25(29-13-18)30-19-7-3-17(4-8-19)22(15-32)23(34)31-11-1-2-20(33)14-31/h3-10,12-13,20,22,24,32-33H,1-2,11,14-15H2,(H,28,29,30)/t20-,22?/m0/s1. The summed E-state index contributed by atoms with van der Waals surface area (Å²) in [5.41, 5.74) is 2.84. The van der Waals surface area contributed by atoms with Crippen LogP contribution >= 0.6 is 0 Å². The Bertz CT molecular complexity index is 1110. The Morgan fingerprint density at radius 1 is 1.09 bits per heavy atom. The number of nitrogens with zero attached hydrogens (tertiary/aromatic N) is 3. The summed E-state index contributed by atoms with van der Waals surface area (Å²) in [6, 6.07) is 13.3. The number of amides is 1. The average molecular weight is 485 g/mol. The summed E-state index contributed by atoms with van der Waals surface area (Å²) in [6.07, 6.45) is 4.12. The molecule has 8 nitrogen and oxygen atoms in total. The van der Waals surface area contributed by atoms with Gasteiger partial charge in [0.15, 0.2) is 0 Å². The van der Waals surface area contributed by atoms with Crippen LogP contribution in [0.5, 0.6) is 5.75 Å². The van der Waals surface area contributed by atoms with Crippen molar-refractivity contribution in [1.29, 1.82) is 0 Å². The lowest BCUT2D eigenvalue weighted by Gasteiger charge is -2.32. The molecule has 2 heterocycles. The predicted octanol–water partition coefficient (Wildman–Crippen LogP) is 3.55. The van der Waals surface area contributed by atoms with Gasteiger partial charge in [-0.25, -0.2) is 9.97 Å². The lowest BCUT2D eigenvalue weighted by atomic mass is 9.96. The minimum absolute atomic E-state index is 0.0741. The van der Waals surface area contributed by atoms with Crippen LogP contribution in [0.3, 0.4) is 0 Å². The number of aromatic nitrogens is 2. The number of likely N-dealkylation sites (tertiary alicyclic amines) is 1. The Morgan fingerprint density at radius 2 is 1.77 bits per heavy atom. The third-order valence-electron chi connectivity index (χ3n) is 5.82. The van der Waals surface area contributed by atoms with Gasteiger partial charge in [0.1, 0.15) is 5.75 Å². The molecule has 35 heavy (non-hydrogen) atoms. The number of benzene rings is 2. The van der Waals surface area contributed by atoms with E-state index in [0.29, 0.717) is 35.7 Å². The van der Waals surface area contributed by atoms with Crippen LogP contribution in [-0.4, -0.2) is 63.4 Å². The molecule has 0 spiro atoms. The monoisotopic (exact) mass is 484 g/mol. The normalized spacial score (nSPS) is 16.7. The van der Waals surface area contributed by atoms with Crippen molar-refractivity contribution in [3.8, 4) is 16.9 Å². The Balaban J connectivity index is 1.38. The smallest absolute Gasteiger partial charge is 0.387 e. The fourth-order valence-corrected chi connectivity index (χ4v) is 4.00. The molecule has 0 saturated carbocycles. The van der Waals surface area contributed by atoms with Crippen LogP contribution in [0.4, 0.5) is 20.4 Å². The van der Waals surface area contributed by atoms with Gasteiger partial charge in [0.25, 0.3) is 0 Å². The average Bonchev–Trinajstić information content (AvgIpc) is 2.86. The van der Waals surface area contributed by atoms with E-state index in [9.17, 15) is 23.8 Å². The number of carbonyl (C=O) groups is 1. The van der Waals surface area contributed by atoms with Crippen molar-refractivity contribution in [2.24, 2.45) is 0 Å². The highest BCUT2D eigenvalue weighted by atomic mass is 19.3. The first-order valence-electron chi connectivity index (χ1n) is 11.2. The molecule has 1 aliphatic rings. The molecule has 0 radical (unpaired) electrons. The van der Waals surface area contributed by atoms with Gasteiger partial charge in [0.2, 0.25) is 11.9 Å². The summed E-state index contributed by atoms with van der Waals surface area (Å²) in [5, 5.41) is 22.8. The van der Waals surface area contributed by atoms with E-state index in [1.807, 2.05) is 0 Å². The maximum absolute atomic E-state index is 12.8. The number of rotatable bonds is 8. The number of alkyl halides is 2. The van der Waals surface area contributed by atoms with Gasteiger partial charge in [-0.2, -0.15) is 8.78 Å². The van der Waals surface area contributed by atoms with Crippen LogP contribution in [-0.2, 0) is 4.79 Å². The summed E-state index contributed by atoms with van der Waals surface area (Å²) in [7, 11) is 0. The fraction of sp³-hybridized carbons (Fsp3) is 0.320. The van der Waals surface area contributed by atoms with Crippen molar-refractivity contribution in [2.75, 3.05) is 25.0 Å². The number of hydrogen-bond donors (Lipinski definition) is 3. The van der Waals surface area contributed by atoms with Crippen molar-refractivity contribution in [2.45, 2.75) is 31.5 Å². The summed E-state index contributed by atoms with van der Waals surface area (Å²) < 4.78 is 28.9. The van der Waals surface area contributed by atoms with Gasteiger partial charge in [-0.1, -0.05) is 24.3 Å². The van der Waals surface area contributed by atoms with Crippen LogP contribution in [0.25, 0.3) is 11.1 Å². The molecule has 1 aromatic heterocycles. The molecule has 4 rings (SSSR count). The summed E-state index contributed by atoms with van der Waals surface area (Å²) >= 11 is 0. The molecule has 0 bridgehead atoms. The molecule has 3 aromatic rings. The highest BCUT2D eigenvalue weighted by Gasteiger charge is 2.28. The van der Waals surface area contributed by atoms with E-state index in [4.69, 9.17) is 0 Å². The molecule has 1 fully saturated rings. The van der Waals surface area contributed by atoms with Gasteiger partial charge in [0.05, 0.1) is 18.6 Å². The van der Waals surface area contributed by atoms with Gasteiger partial charge >= 0.3 is 6.61 Å². The summed E-state index contributed by atoms with van der Waals surface area (Å²) in [6.45, 7) is -2.33. The predicted molar refractivity (Wildman–Crippen MR) is 125 cm³/mol. The zero-order chi connectivity index (χ0) is 24.8. The number of nitrogens with one attached hydrogen (secondary N) is 1. The first kappa shape index (κ1) is 24.5. The maximum atomic E-state index is 12.8.